The van der Waals surface area contributed by atoms with Gasteiger partial charge in [0.1, 0.15) is 5.69 Å². The van der Waals surface area contributed by atoms with E-state index in [1.807, 2.05) is 13.8 Å². The quantitative estimate of drug-likeness (QED) is 0.793. The molecule has 0 fully saturated rings. The molecule has 0 saturated heterocycles. The molecular weight excluding hydrogens is 359 g/mol. The Morgan fingerprint density at radius 1 is 1.07 bits per heavy atom. The number of carbonyl (C=O) groups is 2. The van der Waals surface area contributed by atoms with Gasteiger partial charge in [-0.2, -0.15) is 13.2 Å². The number of anilines is 1. The van der Waals surface area contributed by atoms with E-state index in [0.29, 0.717) is 12.5 Å². The highest BCUT2D eigenvalue weighted by molar-refractivity contribution is 6.04. The topological polar surface area (TPSA) is 71.1 Å². The number of carbonyl (C=O) groups excluding carboxylic acids is 2. The molecule has 0 spiro atoms. The summed E-state index contributed by atoms with van der Waals surface area (Å²) >= 11 is 0. The van der Waals surface area contributed by atoms with Gasteiger partial charge in [0.05, 0.1) is 5.56 Å². The van der Waals surface area contributed by atoms with E-state index in [0.717, 1.165) is 30.7 Å². The summed E-state index contributed by atoms with van der Waals surface area (Å²) in [5.41, 5.74) is -0.335. The van der Waals surface area contributed by atoms with Crippen molar-refractivity contribution in [3.05, 3.63) is 59.4 Å². The fraction of sp³-hybridized carbons (Fsp3) is 0.316. The van der Waals surface area contributed by atoms with Gasteiger partial charge >= 0.3 is 6.18 Å². The van der Waals surface area contributed by atoms with Crippen LogP contribution < -0.4 is 10.6 Å². The number of alkyl halides is 3. The summed E-state index contributed by atoms with van der Waals surface area (Å²) in [6, 6.07) is 6.89. The number of benzene rings is 1. The van der Waals surface area contributed by atoms with E-state index in [2.05, 4.69) is 15.6 Å². The first-order valence-electron chi connectivity index (χ1n) is 8.39. The average Bonchev–Trinajstić information content (AvgIpc) is 2.61. The van der Waals surface area contributed by atoms with Crippen molar-refractivity contribution in [2.75, 3.05) is 11.9 Å². The van der Waals surface area contributed by atoms with Crippen LogP contribution in [0.15, 0.2) is 42.6 Å². The number of nitrogens with zero attached hydrogens (tertiary/aromatic N) is 1. The van der Waals surface area contributed by atoms with E-state index in [-0.39, 0.29) is 22.9 Å². The van der Waals surface area contributed by atoms with Crippen molar-refractivity contribution in [1.82, 2.24) is 10.3 Å². The van der Waals surface area contributed by atoms with Crippen LogP contribution in [0.4, 0.5) is 18.9 Å². The molecule has 1 aromatic heterocycles. The molecule has 1 heterocycles. The molecule has 2 amide bonds. The van der Waals surface area contributed by atoms with E-state index >= 15 is 0 Å². The fourth-order valence-electron chi connectivity index (χ4n) is 2.21. The van der Waals surface area contributed by atoms with Crippen molar-refractivity contribution in [1.29, 1.82) is 0 Å². The second kappa shape index (κ2) is 8.66. The number of pyridine rings is 1. The normalized spacial score (nSPS) is 11.3. The molecule has 144 valence electrons. The Morgan fingerprint density at radius 2 is 1.74 bits per heavy atom. The van der Waals surface area contributed by atoms with E-state index in [9.17, 15) is 22.8 Å². The Morgan fingerprint density at radius 3 is 2.33 bits per heavy atom. The summed E-state index contributed by atoms with van der Waals surface area (Å²) in [5, 5.41) is 5.22. The molecule has 2 rings (SSSR count). The largest absolute Gasteiger partial charge is 0.416 e. The Labute approximate surface area is 155 Å². The molecule has 27 heavy (non-hydrogen) atoms. The molecule has 0 saturated carbocycles. The summed E-state index contributed by atoms with van der Waals surface area (Å²) < 4.78 is 37.7. The maximum Gasteiger partial charge on any atom is 0.416 e. The van der Waals surface area contributed by atoms with Gasteiger partial charge in [0, 0.05) is 24.0 Å². The molecule has 0 bridgehead atoms. The first-order valence-corrected chi connectivity index (χ1v) is 8.39. The highest BCUT2D eigenvalue weighted by Crippen LogP contribution is 2.29. The van der Waals surface area contributed by atoms with Crippen LogP contribution in [-0.2, 0) is 6.18 Å². The van der Waals surface area contributed by atoms with Gasteiger partial charge in [-0.05, 0) is 48.7 Å². The van der Waals surface area contributed by atoms with Crippen molar-refractivity contribution in [3.8, 4) is 0 Å². The van der Waals surface area contributed by atoms with Crippen LogP contribution in [0.3, 0.4) is 0 Å². The maximum atomic E-state index is 12.6. The highest BCUT2D eigenvalue weighted by Gasteiger charge is 2.30. The van der Waals surface area contributed by atoms with Crippen LogP contribution in [0.5, 0.6) is 0 Å². The van der Waals surface area contributed by atoms with Crippen molar-refractivity contribution >= 4 is 17.5 Å². The van der Waals surface area contributed by atoms with Gasteiger partial charge in [0.25, 0.3) is 11.8 Å². The van der Waals surface area contributed by atoms with Gasteiger partial charge in [-0.15, -0.1) is 0 Å². The van der Waals surface area contributed by atoms with Crippen LogP contribution in [-0.4, -0.2) is 23.3 Å². The molecule has 1 aromatic carbocycles. The monoisotopic (exact) mass is 379 g/mol. The Kier molecular flexibility index (Phi) is 6.55. The zero-order valence-corrected chi connectivity index (χ0v) is 14.9. The number of amides is 2. The number of hydrogen-bond acceptors (Lipinski definition) is 3. The lowest BCUT2D eigenvalue weighted by atomic mass is 10.1. The summed E-state index contributed by atoms with van der Waals surface area (Å²) in [6.45, 7) is 4.61. The number of nitrogens with one attached hydrogen (secondary N) is 2. The predicted octanol–water partition coefficient (Wildman–Crippen LogP) is 4.13. The average molecular weight is 379 g/mol. The first kappa shape index (κ1) is 20.4. The molecular formula is C19H20F3N3O2. The molecule has 2 aromatic rings. The minimum Gasteiger partial charge on any atom is -0.352 e. The smallest absolute Gasteiger partial charge is 0.352 e. The molecule has 0 aliphatic rings. The van der Waals surface area contributed by atoms with Crippen LogP contribution in [0.25, 0.3) is 0 Å². The van der Waals surface area contributed by atoms with Gasteiger partial charge in [0.2, 0.25) is 0 Å². The van der Waals surface area contributed by atoms with Crippen LogP contribution in [0, 0.1) is 5.92 Å². The molecule has 0 aliphatic heterocycles. The minimum absolute atomic E-state index is 0.00796. The Balaban J connectivity index is 2.03. The number of rotatable bonds is 6. The predicted molar refractivity (Wildman–Crippen MR) is 95.4 cm³/mol. The zero-order chi connectivity index (χ0) is 20.0. The second-order valence-corrected chi connectivity index (χ2v) is 6.40. The van der Waals surface area contributed by atoms with Gasteiger partial charge in [0.15, 0.2) is 0 Å². The van der Waals surface area contributed by atoms with E-state index in [1.54, 1.807) is 0 Å². The molecule has 2 N–H and O–H groups in total. The summed E-state index contributed by atoms with van der Waals surface area (Å²) in [5.74, 6) is -0.485. The van der Waals surface area contributed by atoms with Gasteiger partial charge in [-0.3, -0.25) is 14.6 Å². The van der Waals surface area contributed by atoms with Crippen molar-refractivity contribution in [3.63, 3.8) is 0 Å². The fourth-order valence-corrected chi connectivity index (χ4v) is 2.21. The number of hydrogen-bond donors (Lipinski definition) is 2. The Hall–Kier alpha value is -2.90. The third kappa shape index (κ3) is 6.09. The van der Waals surface area contributed by atoms with Crippen LogP contribution in [0.1, 0.15) is 46.7 Å². The molecule has 0 atom stereocenters. The lowest BCUT2D eigenvalue weighted by Crippen LogP contribution is -2.26. The standard InChI is InChI=1S/C19H20F3N3O2/c1-12(2)7-9-24-17(26)13-8-10-23-16(11-13)18(27)25-15-5-3-14(4-6-15)19(20,21)22/h3-6,8,10-12H,7,9H2,1-2H3,(H,24,26)(H,25,27). The lowest BCUT2D eigenvalue weighted by molar-refractivity contribution is -0.137. The summed E-state index contributed by atoms with van der Waals surface area (Å²) in [4.78, 5) is 28.3. The third-order valence-electron chi connectivity index (χ3n) is 3.73. The third-order valence-corrected chi connectivity index (χ3v) is 3.73. The number of halogens is 3. The molecule has 0 radical (unpaired) electrons. The van der Waals surface area contributed by atoms with Crippen molar-refractivity contribution in [2.45, 2.75) is 26.4 Å². The second-order valence-electron chi connectivity index (χ2n) is 6.40. The Bertz CT molecular complexity index is 803. The van der Waals surface area contributed by atoms with Crippen LogP contribution >= 0.6 is 0 Å². The SMILES string of the molecule is CC(C)CCNC(=O)c1ccnc(C(=O)Nc2ccc(C(F)(F)F)cc2)c1. The van der Waals surface area contributed by atoms with E-state index in [4.69, 9.17) is 0 Å². The summed E-state index contributed by atoms with van der Waals surface area (Å²) in [6.07, 6.45) is -2.28. The zero-order valence-electron chi connectivity index (χ0n) is 14.9. The van der Waals surface area contributed by atoms with Crippen molar-refractivity contribution in [2.24, 2.45) is 5.92 Å². The lowest BCUT2D eigenvalue weighted by Gasteiger charge is -2.10. The maximum absolute atomic E-state index is 12.6. The highest BCUT2D eigenvalue weighted by atomic mass is 19.4. The van der Waals surface area contributed by atoms with E-state index in [1.165, 1.54) is 18.3 Å². The van der Waals surface area contributed by atoms with Crippen molar-refractivity contribution < 1.29 is 22.8 Å². The van der Waals surface area contributed by atoms with Gasteiger partial charge in [-0.25, -0.2) is 0 Å². The van der Waals surface area contributed by atoms with Gasteiger partial charge in [-0.1, -0.05) is 13.8 Å². The van der Waals surface area contributed by atoms with E-state index < -0.39 is 17.6 Å². The summed E-state index contributed by atoms with van der Waals surface area (Å²) in [7, 11) is 0. The molecule has 0 aliphatic carbocycles. The molecule has 0 unspecified atom stereocenters. The van der Waals surface area contributed by atoms with Crippen LogP contribution in [0.2, 0.25) is 0 Å². The molecule has 8 heteroatoms. The minimum atomic E-state index is -4.44. The van der Waals surface area contributed by atoms with Gasteiger partial charge < -0.3 is 10.6 Å². The first-order chi connectivity index (χ1) is 12.7. The number of aromatic nitrogens is 1. The molecule has 5 nitrogen and oxygen atoms in total.